The van der Waals surface area contributed by atoms with Gasteiger partial charge < -0.3 is 15.7 Å². The summed E-state index contributed by atoms with van der Waals surface area (Å²) in [6, 6.07) is 0.238. The van der Waals surface area contributed by atoms with Gasteiger partial charge in [-0.15, -0.1) is 0 Å². The Hall–Kier alpha value is -1.26. The molecule has 0 aliphatic heterocycles. The molecule has 2 amide bonds. The Balaban J connectivity index is 1.99. The fourth-order valence-corrected chi connectivity index (χ4v) is 2.20. The molecule has 1 unspecified atom stereocenters. The molecule has 0 saturated heterocycles. The van der Waals surface area contributed by atoms with Gasteiger partial charge in [-0.2, -0.15) is 0 Å². The standard InChI is InChI=1S/C13H24N2O3/c1-9(3-4-12(16)17)5-6-14-13(18)15-11-7-10(2)8-11/h9-11H,3-8H2,1-2H3,(H,16,17)(H2,14,15,18). The smallest absolute Gasteiger partial charge is 0.315 e. The number of hydrogen-bond donors (Lipinski definition) is 3. The largest absolute Gasteiger partial charge is 0.481 e. The van der Waals surface area contributed by atoms with E-state index in [2.05, 4.69) is 17.6 Å². The van der Waals surface area contributed by atoms with E-state index in [0.717, 1.165) is 25.2 Å². The Morgan fingerprint density at radius 3 is 2.56 bits per heavy atom. The second-order valence-electron chi connectivity index (χ2n) is 5.50. The van der Waals surface area contributed by atoms with Crippen LogP contribution in [0.2, 0.25) is 0 Å². The number of carbonyl (C=O) groups is 2. The summed E-state index contributed by atoms with van der Waals surface area (Å²) in [5.41, 5.74) is 0. The third kappa shape index (κ3) is 5.89. The average molecular weight is 256 g/mol. The van der Waals surface area contributed by atoms with Gasteiger partial charge in [0.15, 0.2) is 0 Å². The van der Waals surface area contributed by atoms with E-state index >= 15 is 0 Å². The summed E-state index contributed by atoms with van der Waals surface area (Å²) in [7, 11) is 0. The second kappa shape index (κ2) is 7.24. The van der Waals surface area contributed by atoms with Crippen LogP contribution in [0.3, 0.4) is 0 Å². The fraction of sp³-hybridized carbons (Fsp3) is 0.846. The molecule has 1 saturated carbocycles. The minimum atomic E-state index is -0.758. The highest BCUT2D eigenvalue weighted by Crippen LogP contribution is 2.25. The molecule has 104 valence electrons. The number of carboxylic acid groups (broad SMARTS) is 1. The lowest BCUT2D eigenvalue weighted by molar-refractivity contribution is -0.137. The predicted octanol–water partition coefficient (Wildman–Crippen LogP) is 1.98. The van der Waals surface area contributed by atoms with E-state index in [9.17, 15) is 9.59 Å². The molecule has 0 aromatic rings. The predicted molar refractivity (Wildman–Crippen MR) is 69.4 cm³/mol. The van der Waals surface area contributed by atoms with Gasteiger partial charge >= 0.3 is 12.0 Å². The highest BCUT2D eigenvalue weighted by molar-refractivity contribution is 5.74. The summed E-state index contributed by atoms with van der Waals surface area (Å²) in [5.74, 6) is 0.295. The van der Waals surface area contributed by atoms with E-state index in [1.165, 1.54) is 0 Å². The summed E-state index contributed by atoms with van der Waals surface area (Å²) >= 11 is 0. The van der Waals surface area contributed by atoms with E-state index in [1.807, 2.05) is 6.92 Å². The number of carboxylic acids is 1. The Morgan fingerprint density at radius 1 is 1.33 bits per heavy atom. The lowest BCUT2D eigenvalue weighted by atomic mass is 9.82. The van der Waals surface area contributed by atoms with Crippen molar-refractivity contribution in [3.05, 3.63) is 0 Å². The van der Waals surface area contributed by atoms with Crippen LogP contribution in [0.1, 0.15) is 46.0 Å². The average Bonchev–Trinajstić information content (AvgIpc) is 2.24. The molecule has 1 aliphatic rings. The number of aliphatic carboxylic acids is 1. The topological polar surface area (TPSA) is 78.4 Å². The van der Waals surface area contributed by atoms with Gasteiger partial charge in [0.2, 0.25) is 0 Å². The molecule has 1 atom stereocenters. The third-order valence-electron chi connectivity index (χ3n) is 3.48. The van der Waals surface area contributed by atoms with Crippen molar-refractivity contribution in [2.45, 2.75) is 52.0 Å². The zero-order valence-corrected chi connectivity index (χ0v) is 11.2. The summed E-state index contributed by atoms with van der Waals surface area (Å²) in [5, 5.41) is 14.3. The van der Waals surface area contributed by atoms with E-state index in [-0.39, 0.29) is 12.5 Å². The van der Waals surface area contributed by atoms with Crippen molar-refractivity contribution in [3.8, 4) is 0 Å². The zero-order chi connectivity index (χ0) is 13.5. The molecule has 18 heavy (non-hydrogen) atoms. The first-order valence-corrected chi connectivity index (χ1v) is 6.73. The van der Waals surface area contributed by atoms with E-state index in [4.69, 9.17) is 5.11 Å². The van der Waals surface area contributed by atoms with Crippen molar-refractivity contribution in [1.29, 1.82) is 0 Å². The monoisotopic (exact) mass is 256 g/mol. The van der Waals surface area contributed by atoms with Crippen molar-refractivity contribution in [3.63, 3.8) is 0 Å². The van der Waals surface area contributed by atoms with E-state index < -0.39 is 5.97 Å². The lowest BCUT2D eigenvalue weighted by Crippen LogP contribution is -2.48. The molecule has 1 fully saturated rings. The fourth-order valence-electron chi connectivity index (χ4n) is 2.20. The number of amides is 2. The van der Waals surface area contributed by atoms with Gasteiger partial charge in [0.1, 0.15) is 0 Å². The molecule has 1 rings (SSSR count). The number of rotatable bonds is 7. The van der Waals surface area contributed by atoms with Crippen molar-refractivity contribution in [2.24, 2.45) is 11.8 Å². The molecule has 0 radical (unpaired) electrons. The van der Waals surface area contributed by atoms with Crippen molar-refractivity contribution in [1.82, 2.24) is 10.6 Å². The van der Waals surface area contributed by atoms with E-state index in [1.54, 1.807) is 0 Å². The van der Waals surface area contributed by atoms with Crippen LogP contribution in [-0.2, 0) is 4.79 Å². The second-order valence-corrected chi connectivity index (χ2v) is 5.50. The Bertz CT molecular complexity index is 288. The van der Waals surface area contributed by atoms with Gasteiger partial charge in [-0.3, -0.25) is 4.79 Å². The maximum Gasteiger partial charge on any atom is 0.315 e. The number of urea groups is 1. The minimum Gasteiger partial charge on any atom is -0.481 e. The maximum atomic E-state index is 11.5. The first-order chi connectivity index (χ1) is 8.47. The quantitative estimate of drug-likeness (QED) is 0.651. The molecular formula is C13H24N2O3. The molecule has 0 bridgehead atoms. The van der Waals surface area contributed by atoms with Crippen LogP contribution >= 0.6 is 0 Å². The van der Waals surface area contributed by atoms with Gasteiger partial charge in [-0.25, -0.2) is 4.79 Å². The molecule has 0 heterocycles. The first kappa shape index (κ1) is 14.8. The summed E-state index contributed by atoms with van der Waals surface area (Å²) in [6.45, 7) is 4.80. The van der Waals surface area contributed by atoms with Crippen LogP contribution in [-0.4, -0.2) is 29.7 Å². The van der Waals surface area contributed by atoms with Gasteiger partial charge in [-0.1, -0.05) is 13.8 Å². The van der Waals surface area contributed by atoms with Crippen molar-refractivity contribution in [2.75, 3.05) is 6.54 Å². The highest BCUT2D eigenvalue weighted by atomic mass is 16.4. The summed E-state index contributed by atoms with van der Waals surface area (Å²) in [4.78, 5) is 21.9. The Kier molecular flexibility index (Phi) is 5.95. The van der Waals surface area contributed by atoms with Crippen LogP contribution in [0.25, 0.3) is 0 Å². The van der Waals surface area contributed by atoms with Crippen LogP contribution in [0.15, 0.2) is 0 Å². The van der Waals surface area contributed by atoms with Crippen LogP contribution < -0.4 is 10.6 Å². The van der Waals surface area contributed by atoms with Crippen molar-refractivity contribution < 1.29 is 14.7 Å². The van der Waals surface area contributed by atoms with Crippen LogP contribution in [0.5, 0.6) is 0 Å². The first-order valence-electron chi connectivity index (χ1n) is 6.73. The van der Waals surface area contributed by atoms with Crippen LogP contribution in [0, 0.1) is 11.8 Å². The molecule has 1 aliphatic carbocycles. The van der Waals surface area contributed by atoms with Gasteiger partial charge in [0, 0.05) is 19.0 Å². The van der Waals surface area contributed by atoms with Crippen LogP contribution in [0.4, 0.5) is 4.79 Å². The zero-order valence-electron chi connectivity index (χ0n) is 11.2. The SMILES string of the molecule is CC(CCNC(=O)NC1CC(C)C1)CCC(=O)O. The minimum absolute atomic E-state index is 0.0997. The van der Waals surface area contributed by atoms with Crippen molar-refractivity contribution >= 4 is 12.0 Å². The number of nitrogens with one attached hydrogen (secondary N) is 2. The number of hydrogen-bond acceptors (Lipinski definition) is 2. The lowest BCUT2D eigenvalue weighted by Gasteiger charge is -2.33. The van der Waals surface area contributed by atoms with Gasteiger partial charge in [0.25, 0.3) is 0 Å². The summed E-state index contributed by atoms with van der Waals surface area (Å²) in [6.07, 6.45) is 3.83. The molecule has 0 aromatic carbocycles. The van der Waals surface area contributed by atoms with Gasteiger partial charge in [0.05, 0.1) is 0 Å². The molecule has 3 N–H and O–H groups in total. The third-order valence-corrected chi connectivity index (χ3v) is 3.48. The number of carbonyl (C=O) groups excluding carboxylic acids is 1. The Labute approximate surface area is 108 Å². The molecule has 5 heteroatoms. The summed E-state index contributed by atoms with van der Waals surface area (Å²) < 4.78 is 0. The molecule has 0 aromatic heterocycles. The highest BCUT2D eigenvalue weighted by Gasteiger charge is 2.26. The Morgan fingerprint density at radius 2 is 2.00 bits per heavy atom. The normalized spacial score (nSPS) is 23.9. The molecule has 5 nitrogen and oxygen atoms in total. The molecular weight excluding hydrogens is 232 g/mol. The molecule has 0 spiro atoms. The van der Waals surface area contributed by atoms with Gasteiger partial charge in [-0.05, 0) is 37.5 Å². The van der Waals surface area contributed by atoms with E-state index in [0.29, 0.717) is 24.9 Å². The maximum absolute atomic E-state index is 11.5.